The molecular weight excluding hydrogens is 266 g/mol. The summed E-state index contributed by atoms with van der Waals surface area (Å²) in [5.41, 5.74) is 9.61. The molecule has 0 aromatic heterocycles. The Morgan fingerprint density at radius 1 is 0.591 bits per heavy atom. The molecule has 22 heavy (non-hydrogen) atoms. The molecule has 0 fully saturated rings. The molecule has 0 bridgehead atoms. The lowest BCUT2D eigenvalue weighted by atomic mass is 10.1. The van der Waals surface area contributed by atoms with Gasteiger partial charge < -0.3 is 0 Å². The van der Waals surface area contributed by atoms with Crippen molar-refractivity contribution >= 4 is 11.4 Å². The summed E-state index contributed by atoms with van der Waals surface area (Å²) < 4.78 is 0. The SMILES string of the molecule is Cc1cc(C)cc(N=C2c3ccccc3-c3ccccc32)c1. The summed E-state index contributed by atoms with van der Waals surface area (Å²) in [6, 6.07) is 23.5. The topological polar surface area (TPSA) is 12.4 Å². The Balaban J connectivity index is 1.96. The van der Waals surface area contributed by atoms with Gasteiger partial charge in [0.2, 0.25) is 0 Å². The van der Waals surface area contributed by atoms with Crippen LogP contribution in [0.4, 0.5) is 5.69 Å². The summed E-state index contributed by atoms with van der Waals surface area (Å²) in [6.07, 6.45) is 0. The van der Waals surface area contributed by atoms with Crippen molar-refractivity contribution in [2.24, 2.45) is 4.99 Å². The van der Waals surface area contributed by atoms with Crippen molar-refractivity contribution < 1.29 is 0 Å². The van der Waals surface area contributed by atoms with Crippen LogP contribution in [-0.2, 0) is 0 Å². The van der Waals surface area contributed by atoms with Gasteiger partial charge in [-0.15, -0.1) is 0 Å². The normalized spacial score (nSPS) is 12.0. The van der Waals surface area contributed by atoms with Gasteiger partial charge >= 0.3 is 0 Å². The maximum absolute atomic E-state index is 4.98. The van der Waals surface area contributed by atoms with E-state index in [2.05, 4.69) is 80.6 Å². The Labute approximate surface area is 131 Å². The van der Waals surface area contributed by atoms with Crippen LogP contribution in [0.2, 0.25) is 0 Å². The predicted octanol–water partition coefficient (Wildman–Crippen LogP) is 5.45. The molecule has 3 aromatic rings. The van der Waals surface area contributed by atoms with Gasteiger partial charge in [-0.1, -0.05) is 54.6 Å². The number of nitrogens with zero attached hydrogens (tertiary/aromatic N) is 1. The number of hydrogen-bond donors (Lipinski definition) is 0. The van der Waals surface area contributed by atoms with Crippen molar-refractivity contribution in [2.75, 3.05) is 0 Å². The van der Waals surface area contributed by atoms with Crippen LogP contribution in [0.5, 0.6) is 0 Å². The number of hydrogen-bond acceptors (Lipinski definition) is 1. The van der Waals surface area contributed by atoms with Gasteiger partial charge in [0, 0.05) is 11.1 Å². The number of aryl methyl sites for hydroxylation is 2. The van der Waals surface area contributed by atoms with E-state index in [4.69, 9.17) is 4.99 Å². The van der Waals surface area contributed by atoms with E-state index in [-0.39, 0.29) is 0 Å². The second-order valence-electron chi connectivity index (χ2n) is 5.90. The Kier molecular flexibility index (Phi) is 2.93. The Morgan fingerprint density at radius 3 is 1.55 bits per heavy atom. The molecule has 0 atom stereocenters. The molecule has 1 heteroatoms. The third-order valence-electron chi connectivity index (χ3n) is 4.10. The molecule has 0 aliphatic heterocycles. The van der Waals surface area contributed by atoms with Gasteiger partial charge in [-0.05, 0) is 48.2 Å². The second-order valence-corrected chi connectivity index (χ2v) is 5.90. The number of rotatable bonds is 1. The van der Waals surface area contributed by atoms with Crippen LogP contribution >= 0.6 is 0 Å². The highest BCUT2D eigenvalue weighted by atomic mass is 14.8. The Morgan fingerprint density at radius 2 is 1.05 bits per heavy atom. The standard InChI is InChI=1S/C21H17N/c1-14-11-15(2)13-16(12-14)22-21-19-9-5-3-7-17(19)18-8-4-6-10-20(18)21/h3-13H,1-2H3. The second kappa shape index (κ2) is 4.96. The first-order chi connectivity index (χ1) is 10.7. The first-order valence-corrected chi connectivity index (χ1v) is 7.58. The van der Waals surface area contributed by atoms with Crippen LogP contribution in [0.25, 0.3) is 11.1 Å². The summed E-state index contributed by atoms with van der Waals surface area (Å²) >= 11 is 0. The van der Waals surface area contributed by atoms with Crippen molar-refractivity contribution in [3.05, 3.63) is 89.0 Å². The lowest BCUT2D eigenvalue weighted by molar-refractivity contribution is 1.36. The summed E-state index contributed by atoms with van der Waals surface area (Å²) in [5.74, 6) is 0. The fourth-order valence-electron chi connectivity index (χ4n) is 3.26. The first-order valence-electron chi connectivity index (χ1n) is 7.58. The van der Waals surface area contributed by atoms with E-state index in [1.807, 2.05) is 0 Å². The molecule has 0 unspecified atom stereocenters. The molecule has 1 nitrogen and oxygen atoms in total. The van der Waals surface area contributed by atoms with Crippen molar-refractivity contribution in [3.63, 3.8) is 0 Å². The number of benzene rings is 3. The van der Waals surface area contributed by atoms with E-state index < -0.39 is 0 Å². The average molecular weight is 283 g/mol. The Bertz CT molecular complexity index is 836. The smallest absolute Gasteiger partial charge is 0.0794 e. The minimum Gasteiger partial charge on any atom is -0.248 e. The first kappa shape index (κ1) is 13.0. The fraction of sp³-hybridized carbons (Fsp3) is 0.0952. The fourth-order valence-corrected chi connectivity index (χ4v) is 3.26. The number of aliphatic imine (C=N–C) groups is 1. The molecule has 0 saturated carbocycles. The van der Waals surface area contributed by atoms with Crippen LogP contribution in [0.1, 0.15) is 22.3 Å². The summed E-state index contributed by atoms with van der Waals surface area (Å²) in [4.78, 5) is 4.98. The lowest BCUT2D eigenvalue weighted by Crippen LogP contribution is -1.97. The average Bonchev–Trinajstić information content (AvgIpc) is 2.81. The molecule has 4 rings (SSSR count). The monoisotopic (exact) mass is 283 g/mol. The van der Waals surface area contributed by atoms with E-state index >= 15 is 0 Å². The Hall–Kier alpha value is -2.67. The maximum atomic E-state index is 4.98. The molecule has 0 N–H and O–H groups in total. The van der Waals surface area contributed by atoms with Crippen LogP contribution in [0.15, 0.2) is 71.7 Å². The zero-order chi connectivity index (χ0) is 15.1. The molecule has 0 saturated heterocycles. The largest absolute Gasteiger partial charge is 0.248 e. The van der Waals surface area contributed by atoms with E-state index in [1.54, 1.807) is 0 Å². The third-order valence-corrected chi connectivity index (χ3v) is 4.10. The minimum atomic E-state index is 1.03. The quantitative estimate of drug-likeness (QED) is 0.440. The van der Waals surface area contributed by atoms with Gasteiger partial charge in [0.25, 0.3) is 0 Å². The molecule has 3 aromatic carbocycles. The van der Waals surface area contributed by atoms with Crippen LogP contribution in [-0.4, -0.2) is 5.71 Å². The van der Waals surface area contributed by atoms with E-state index in [0.29, 0.717) is 0 Å². The van der Waals surface area contributed by atoms with Gasteiger partial charge in [0.1, 0.15) is 0 Å². The van der Waals surface area contributed by atoms with E-state index in [0.717, 1.165) is 11.4 Å². The zero-order valence-electron chi connectivity index (χ0n) is 12.8. The zero-order valence-corrected chi connectivity index (χ0v) is 12.8. The van der Waals surface area contributed by atoms with E-state index in [1.165, 1.54) is 33.4 Å². The lowest BCUT2D eigenvalue weighted by Gasteiger charge is -2.04. The summed E-state index contributed by atoms with van der Waals surface area (Å²) in [5, 5.41) is 0. The maximum Gasteiger partial charge on any atom is 0.0794 e. The van der Waals surface area contributed by atoms with Crippen molar-refractivity contribution in [2.45, 2.75) is 13.8 Å². The van der Waals surface area contributed by atoms with Crippen LogP contribution in [0.3, 0.4) is 0 Å². The highest BCUT2D eigenvalue weighted by Gasteiger charge is 2.23. The van der Waals surface area contributed by atoms with Crippen molar-refractivity contribution in [1.82, 2.24) is 0 Å². The van der Waals surface area contributed by atoms with Crippen LogP contribution in [0, 0.1) is 13.8 Å². The van der Waals surface area contributed by atoms with E-state index in [9.17, 15) is 0 Å². The van der Waals surface area contributed by atoms with Crippen molar-refractivity contribution in [3.8, 4) is 11.1 Å². The van der Waals surface area contributed by atoms with Gasteiger partial charge in [-0.2, -0.15) is 0 Å². The highest BCUT2D eigenvalue weighted by molar-refractivity contribution is 6.25. The summed E-state index contributed by atoms with van der Waals surface area (Å²) in [7, 11) is 0. The molecule has 0 spiro atoms. The molecule has 106 valence electrons. The van der Waals surface area contributed by atoms with Gasteiger partial charge in [-0.3, -0.25) is 0 Å². The van der Waals surface area contributed by atoms with Crippen molar-refractivity contribution in [1.29, 1.82) is 0 Å². The highest BCUT2D eigenvalue weighted by Crippen LogP contribution is 2.37. The molecule has 1 aliphatic rings. The molecular formula is C21H17N. The van der Waals surface area contributed by atoms with Gasteiger partial charge in [0.05, 0.1) is 11.4 Å². The van der Waals surface area contributed by atoms with Gasteiger partial charge in [0.15, 0.2) is 0 Å². The summed E-state index contributed by atoms with van der Waals surface area (Å²) in [6.45, 7) is 4.24. The predicted molar refractivity (Wildman–Crippen MR) is 93.1 cm³/mol. The van der Waals surface area contributed by atoms with Gasteiger partial charge in [-0.25, -0.2) is 4.99 Å². The molecule has 0 heterocycles. The molecule has 0 amide bonds. The molecule has 1 aliphatic carbocycles. The molecule has 0 radical (unpaired) electrons. The number of fused-ring (bicyclic) bond motifs is 3. The minimum absolute atomic E-state index is 1.03. The third kappa shape index (κ3) is 2.06. The van der Waals surface area contributed by atoms with Crippen LogP contribution < -0.4 is 0 Å².